The van der Waals surface area contributed by atoms with Crippen LogP contribution in [0.3, 0.4) is 0 Å². The maximum Gasteiger partial charge on any atom is 0.416 e. The minimum Gasteiger partial charge on any atom is -0.294 e. The van der Waals surface area contributed by atoms with Crippen LogP contribution in [0.2, 0.25) is 0 Å². The third-order valence-electron chi connectivity index (χ3n) is 5.54. The molecule has 3 aromatic heterocycles. The summed E-state index contributed by atoms with van der Waals surface area (Å²) in [5, 5.41) is 14.6. The summed E-state index contributed by atoms with van der Waals surface area (Å²) >= 11 is 0. The normalized spacial score (nSPS) is 11.8. The molecular weight excluding hydrogens is 433 g/mol. The molecule has 0 fully saturated rings. The van der Waals surface area contributed by atoms with Crippen molar-refractivity contribution in [3.8, 4) is 11.8 Å². The Morgan fingerprint density at radius 2 is 1.76 bits per heavy atom. The molecular formula is C24H13F3N4O2. The highest BCUT2D eigenvalue weighted by molar-refractivity contribution is 6.13. The summed E-state index contributed by atoms with van der Waals surface area (Å²) in [5.41, 5.74) is -0.196. The number of nitrogens with zero attached hydrogens (tertiary/aromatic N) is 4. The van der Waals surface area contributed by atoms with E-state index in [9.17, 15) is 28.0 Å². The first-order chi connectivity index (χ1) is 15.7. The lowest BCUT2D eigenvalue weighted by Crippen LogP contribution is -2.25. The number of hydrogen-bond acceptors (Lipinski definition) is 4. The van der Waals surface area contributed by atoms with Gasteiger partial charge in [-0.25, -0.2) is 4.52 Å². The van der Waals surface area contributed by atoms with Gasteiger partial charge in [0.05, 0.1) is 45.5 Å². The highest BCUT2D eigenvalue weighted by Gasteiger charge is 2.31. The molecule has 5 aromatic rings. The van der Waals surface area contributed by atoms with Gasteiger partial charge in [-0.2, -0.15) is 23.5 Å². The minimum absolute atomic E-state index is 0.0459. The van der Waals surface area contributed by atoms with E-state index < -0.39 is 23.1 Å². The van der Waals surface area contributed by atoms with Gasteiger partial charge in [0, 0.05) is 16.5 Å². The Morgan fingerprint density at radius 3 is 2.45 bits per heavy atom. The van der Waals surface area contributed by atoms with Crippen molar-refractivity contribution in [2.75, 3.05) is 0 Å². The molecule has 0 N–H and O–H groups in total. The van der Waals surface area contributed by atoms with Crippen molar-refractivity contribution in [2.24, 2.45) is 0 Å². The fourth-order valence-corrected chi connectivity index (χ4v) is 4.08. The number of fused-ring (bicyclic) bond motifs is 6. The molecule has 0 unspecified atom stereocenters. The molecule has 0 aliphatic carbocycles. The van der Waals surface area contributed by atoms with Crippen LogP contribution in [0.5, 0.6) is 0 Å². The number of hydrogen-bond donors (Lipinski definition) is 0. The maximum atomic E-state index is 13.4. The Bertz CT molecular complexity index is 1720. The first kappa shape index (κ1) is 20.5. The van der Waals surface area contributed by atoms with Crippen LogP contribution >= 0.6 is 0 Å². The standard InChI is InChI=1S/C24H13F3N4O2/c1-13(32)17-11-19-21-7-8-29-31(21)20-6-5-14(12-28)9-18(20)22(19)30(23(17)33)16-4-2-3-15(10-16)24(25,26)27/h2-11H,1H3. The van der Waals surface area contributed by atoms with Gasteiger partial charge in [0.2, 0.25) is 0 Å². The molecule has 0 saturated carbocycles. The van der Waals surface area contributed by atoms with Gasteiger partial charge in [0.25, 0.3) is 5.56 Å². The van der Waals surface area contributed by atoms with E-state index in [1.165, 1.54) is 25.1 Å². The van der Waals surface area contributed by atoms with Crippen molar-refractivity contribution < 1.29 is 18.0 Å². The number of rotatable bonds is 2. The third kappa shape index (κ3) is 3.07. The molecule has 0 amide bonds. The lowest BCUT2D eigenvalue weighted by atomic mass is 10.0. The van der Waals surface area contributed by atoms with Gasteiger partial charge in [0.1, 0.15) is 0 Å². The Balaban J connectivity index is 2.08. The lowest BCUT2D eigenvalue weighted by Gasteiger charge is -2.17. The molecule has 0 spiro atoms. The van der Waals surface area contributed by atoms with Crippen LogP contribution in [0.15, 0.2) is 65.6 Å². The van der Waals surface area contributed by atoms with E-state index in [4.69, 9.17) is 0 Å². The summed E-state index contributed by atoms with van der Waals surface area (Å²) in [6.07, 6.45) is -3.08. The van der Waals surface area contributed by atoms with Crippen LogP contribution in [-0.2, 0) is 6.18 Å². The molecule has 0 aliphatic rings. The second-order valence-corrected chi connectivity index (χ2v) is 7.54. The number of carbonyl (C=O) groups excluding carboxylic acids is 1. The number of pyridine rings is 2. The highest BCUT2D eigenvalue weighted by Crippen LogP contribution is 2.34. The highest BCUT2D eigenvalue weighted by atomic mass is 19.4. The number of carbonyl (C=O) groups is 1. The lowest BCUT2D eigenvalue weighted by molar-refractivity contribution is -0.137. The summed E-state index contributed by atoms with van der Waals surface area (Å²) in [6.45, 7) is 1.22. The number of alkyl halides is 3. The zero-order chi connectivity index (χ0) is 23.5. The van der Waals surface area contributed by atoms with E-state index in [2.05, 4.69) is 5.10 Å². The Morgan fingerprint density at radius 1 is 1.03 bits per heavy atom. The van der Waals surface area contributed by atoms with Gasteiger partial charge in [-0.3, -0.25) is 14.2 Å². The van der Waals surface area contributed by atoms with E-state index in [1.54, 1.807) is 35.0 Å². The summed E-state index contributed by atoms with van der Waals surface area (Å²) in [7, 11) is 0. The second kappa shape index (κ2) is 7.03. The largest absolute Gasteiger partial charge is 0.416 e. The molecule has 9 heteroatoms. The molecule has 33 heavy (non-hydrogen) atoms. The minimum atomic E-state index is -4.62. The Kier molecular flexibility index (Phi) is 4.36. The summed E-state index contributed by atoms with van der Waals surface area (Å²) < 4.78 is 43.0. The first-order valence-electron chi connectivity index (χ1n) is 9.78. The number of halogens is 3. The first-order valence-corrected chi connectivity index (χ1v) is 9.78. The van der Waals surface area contributed by atoms with E-state index in [-0.39, 0.29) is 16.8 Å². The summed E-state index contributed by atoms with van der Waals surface area (Å²) in [6, 6.07) is 14.3. The number of nitriles is 1. The van der Waals surface area contributed by atoms with Crippen molar-refractivity contribution in [1.29, 1.82) is 5.26 Å². The summed E-state index contributed by atoms with van der Waals surface area (Å²) in [4.78, 5) is 25.7. The van der Waals surface area contributed by atoms with Gasteiger partial charge in [-0.05, 0) is 55.5 Å². The predicted molar refractivity (Wildman–Crippen MR) is 116 cm³/mol. The molecule has 5 rings (SSSR count). The number of Topliss-reactive ketones (excluding diaryl/α,β-unsaturated/α-hetero) is 1. The van der Waals surface area contributed by atoms with Crippen molar-refractivity contribution >= 4 is 33.1 Å². The Labute approximate surface area is 183 Å². The Hall–Kier alpha value is -4.45. The van der Waals surface area contributed by atoms with Crippen molar-refractivity contribution in [3.63, 3.8) is 0 Å². The number of ketones is 1. The van der Waals surface area contributed by atoms with E-state index in [0.29, 0.717) is 27.4 Å². The number of aromatic nitrogens is 3. The fourth-order valence-electron chi connectivity index (χ4n) is 4.08. The van der Waals surface area contributed by atoms with Gasteiger partial charge < -0.3 is 0 Å². The molecule has 3 heterocycles. The van der Waals surface area contributed by atoms with Crippen LogP contribution in [-0.4, -0.2) is 20.0 Å². The van der Waals surface area contributed by atoms with Crippen LogP contribution in [0.25, 0.3) is 33.0 Å². The SMILES string of the molecule is CC(=O)c1cc2c(c3cc(C#N)ccc3n3nccc23)n(-c2cccc(C(F)(F)F)c2)c1=O. The van der Waals surface area contributed by atoms with Crippen LogP contribution in [0.4, 0.5) is 13.2 Å². The topological polar surface area (TPSA) is 80.2 Å². The molecule has 0 atom stereocenters. The van der Waals surface area contributed by atoms with Crippen LogP contribution in [0, 0.1) is 11.3 Å². The van der Waals surface area contributed by atoms with Crippen molar-refractivity contribution in [3.05, 3.63) is 87.8 Å². The van der Waals surface area contributed by atoms with Gasteiger partial charge >= 0.3 is 6.18 Å². The van der Waals surface area contributed by atoms with Gasteiger partial charge in [-0.15, -0.1) is 0 Å². The molecule has 2 aromatic carbocycles. The zero-order valence-corrected chi connectivity index (χ0v) is 17.0. The van der Waals surface area contributed by atoms with Crippen molar-refractivity contribution in [1.82, 2.24) is 14.2 Å². The molecule has 0 saturated heterocycles. The molecule has 162 valence electrons. The van der Waals surface area contributed by atoms with Gasteiger partial charge in [-0.1, -0.05) is 6.07 Å². The summed E-state index contributed by atoms with van der Waals surface area (Å²) in [5.74, 6) is -0.522. The number of benzene rings is 2. The van der Waals surface area contributed by atoms with E-state index >= 15 is 0 Å². The molecule has 0 aliphatic heterocycles. The predicted octanol–water partition coefficient (Wildman–Crippen LogP) is 4.88. The maximum absolute atomic E-state index is 13.4. The van der Waals surface area contributed by atoms with Crippen molar-refractivity contribution in [2.45, 2.75) is 13.1 Å². The average molecular weight is 446 g/mol. The smallest absolute Gasteiger partial charge is 0.294 e. The van der Waals surface area contributed by atoms with Gasteiger partial charge in [0.15, 0.2) is 5.78 Å². The second-order valence-electron chi connectivity index (χ2n) is 7.54. The van der Waals surface area contributed by atoms with E-state index in [0.717, 1.165) is 16.7 Å². The third-order valence-corrected chi connectivity index (χ3v) is 5.54. The molecule has 0 radical (unpaired) electrons. The average Bonchev–Trinajstić information content (AvgIpc) is 3.28. The van der Waals surface area contributed by atoms with E-state index in [1.807, 2.05) is 6.07 Å². The zero-order valence-electron chi connectivity index (χ0n) is 17.0. The van der Waals surface area contributed by atoms with Crippen LogP contribution in [0.1, 0.15) is 28.4 Å². The molecule has 6 nitrogen and oxygen atoms in total. The monoisotopic (exact) mass is 446 g/mol. The quantitative estimate of drug-likeness (QED) is 0.286. The fraction of sp³-hybridized carbons (Fsp3) is 0.0833. The molecule has 0 bridgehead atoms. The van der Waals surface area contributed by atoms with Crippen LogP contribution < -0.4 is 5.56 Å².